The van der Waals surface area contributed by atoms with Crippen molar-refractivity contribution in [1.82, 2.24) is 4.90 Å². The second-order valence-corrected chi connectivity index (χ2v) is 9.83. The average Bonchev–Trinajstić information content (AvgIpc) is 3.12. The number of amidine groups is 1. The Balaban J connectivity index is 1.55. The number of aliphatic imine (C=N–C) groups is 1. The summed E-state index contributed by atoms with van der Waals surface area (Å²) < 4.78 is 12.9. The van der Waals surface area contributed by atoms with E-state index < -0.39 is 0 Å². The monoisotopic (exact) mass is 550 g/mol. The van der Waals surface area contributed by atoms with Gasteiger partial charge in [-0.3, -0.25) is 9.69 Å². The maximum Gasteiger partial charge on any atom is 0.266 e. The first-order chi connectivity index (χ1) is 17.0. The molecule has 1 heterocycles. The number of hydrogen-bond donors (Lipinski definition) is 0. The van der Waals surface area contributed by atoms with Crippen molar-refractivity contribution in [3.05, 3.63) is 92.8 Å². The molecule has 5 nitrogen and oxygen atoms in total. The summed E-state index contributed by atoms with van der Waals surface area (Å²) in [5, 5.41) is 0.668. The van der Waals surface area contributed by atoms with Gasteiger partial charge in [-0.25, -0.2) is 4.99 Å². The SMILES string of the molecule is CCOc1cc(/C=C2/SC(=Nc3ccccc3CC)N(C)C2=O)ccc1OCc1ccc(Br)cc1. The van der Waals surface area contributed by atoms with E-state index in [1.54, 1.807) is 11.9 Å². The van der Waals surface area contributed by atoms with E-state index in [0.29, 0.717) is 34.8 Å². The highest BCUT2D eigenvalue weighted by atomic mass is 79.9. The highest BCUT2D eigenvalue weighted by Crippen LogP contribution is 2.36. The van der Waals surface area contributed by atoms with Crippen molar-refractivity contribution in [2.75, 3.05) is 13.7 Å². The van der Waals surface area contributed by atoms with Gasteiger partial charge in [-0.2, -0.15) is 0 Å². The second-order valence-electron chi connectivity index (χ2n) is 7.91. The number of likely N-dealkylation sites (N-methyl/N-ethyl adjacent to an activating group) is 1. The van der Waals surface area contributed by atoms with Crippen molar-refractivity contribution >= 4 is 50.5 Å². The number of para-hydroxylation sites is 1. The van der Waals surface area contributed by atoms with Crippen molar-refractivity contribution in [3.63, 3.8) is 0 Å². The van der Waals surface area contributed by atoms with Gasteiger partial charge in [0.15, 0.2) is 16.7 Å². The van der Waals surface area contributed by atoms with Gasteiger partial charge >= 0.3 is 0 Å². The lowest BCUT2D eigenvalue weighted by molar-refractivity contribution is -0.121. The zero-order chi connectivity index (χ0) is 24.8. The van der Waals surface area contributed by atoms with Crippen molar-refractivity contribution in [2.45, 2.75) is 26.9 Å². The summed E-state index contributed by atoms with van der Waals surface area (Å²) in [6.07, 6.45) is 2.76. The molecule has 3 aromatic rings. The molecule has 7 heteroatoms. The highest BCUT2D eigenvalue weighted by Gasteiger charge is 2.30. The number of ether oxygens (including phenoxy) is 2. The van der Waals surface area contributed by atoms with Crippen LogP contribution in [0.1, 0.15) is 30.5 Å². The molecule has 0 unspecified atom stereocenters. The van der Waals surface area contributed by atoms with E-state index in [2.05, 4.69) is 28.9 Å². The smallest absolute Gasteiger partial charge is 0.266 e. The Bertz CT molecular complexity index is 1270. The zero-order valence-electron chi connectivity index (χ0n) is 20.0. The largest absolute Gasteiger partial charge is 0.490 e. The van der Waals surface area contributed by atoms with E-state index in [9.17, 15) is 4.79 Å². The predicted octanol–water partition coefficient (Wildman–Crippen LogP) is 7.22. The molecule has 0 saturated carbocycles. The number of benzene rings is 3. The molecule has 0 aliphatic carbocycles. The molecule has 0 bridgehead atoms. The van der Waals surface area contributed by atoms with Crippen LogP contribution in [0.15, 0.2) is 81.1 Å². The first-order valence-electron chi connectivity index (χ1n) is 11.5. The lowest BCUT2D eigenvalue weighted by atomic mass is 10.1. The fourth-order valence-corrected chi connectivity index (χ4v) is 4.81. The van der Waals surface area contributed by atoms with Gasteiger partial charge in [0.2, 0.25) is 0 Å². The number of amides is 1. The van der Waals surface area contributed by atoms with Gasteiger partial charge in [-0.15, -0.1) is 0 Å². The van der Waals surface area contributed by atoms with E-state index in [1.165, 1.54) is 11.8 Å². The minimum atomic E-state index is -0.0729. The van der Waals surface area contributed by atoms with Crippen LogP contribution in [0, 0.1) is 0 Å². The molecule has 1 aliphatic heterocycles. The quantitative estimate of drug-likeness (QED) is 0.278. The molecule has 1 fully saturated rings. The van der Waals surface area contributed by atoms with Gasteiger partial charge in [-0.1, -0.05) is 59.3 Å². The number of halogens is 1. The molecule has 35 heavy (non-hydrogen) atoms. The Kier molecular flexibility index (Phi) is 8.31. The maximum atomic E-state index is 12.9. The Morgan fingerprint density at radius 2 is 1.77 bits per heavy atom. The lowest BCUT2D eigenvalue weighted by Crippen LogP contribution is -2.23. The lowest BCUT2D eigenvalue weighted by Gasteiger charge is -2.13. The van der Waals surface area contributed by atoms with Crippen LogP contribution in [-0.4, -0.2) is 29.6 Å². The highest BCUT2D eigenvalue weighted by molar-refractivity contribution is 9.10. The molecule has 0 aromatic heterocycles. The minimum absolute atomic E-state index is 0.0729. The summed E-state index contributed by atoms with van der Waals surface area (Å²) in [5.41, 5.74) is 3.97. The Labute approximate surface area is 219 Å². The summed E-state index contributed by atoms with van der Waals surface area (Å²) in [4.78, 5) is 19.9. The maximum absolute atomic E-state index is 12.9. The molecule has 0 N–H and O–H groups in total. The third-order valence-electron chi connectivity index (χ3n) is 5.47. The standard InChI is InChI=1S/C28H27BrN2O3S/c1-4-21-8-6-7-9-23(21)30-28-31(3)27(32)26(35-28)17-20-12-15-24(25(16-20)33-5-2)34-18-19-10-13-22(29)14-11-19/h6-17H,4-5,18H2,1-3H3/b26-17+,30-28?. The number of nitrogens with zero attached hydrogens (tertiary/aromatic N) is 2. The van der Waals surface area contributed by atoms with Crippen molar-refractivity contribution in [3.8, 4) is 11.5 Å². The van der Waals surface area contributed by atoms with Crippen LogP contribution in [0.3, 0.4) is 0 Å². The third kappa shape index (κ3) is 6.16. The van der Waals surface area contributed by atoms with Gasteiger partial charge in [0, 0.05) is 11.5 Å². The third-order valence-corrected chi connectivity index (χ3v) is 7.05. The normalized spacial score (nSPS) is 15.8. The van der Waals surface area contributed by atoms with Crippen LogP contribution in [0.2, 0.25) is 0 Å². The summed E-state index contributed by atoms with van der Waals surface area (Å²) in [6, 6.07) is 21.7. The molecular weight excluding hydrogens is 524 g/mol. The number of carbonyl (C=O) groups excluding carboxylic acids is 1. The summed E-state index contributed by atoms with van der Waals surface area (Å²) >= 11 is 4.83. The molecule has 180 valence electrons. The molecule has 1 aliphatic rings. The fourth-order valence-electron chi connectivity index (χ4n) is 3.57. The van der Waals surface area contributed by atoms with Gasteiger partial charge in [-0.05, 0) is 78.2 Å². The molecule has 1 saturated heterocycles. The molecule has 1 amide bonds. The van der Waals surface area contributed by atoms with Crippen LogP contribution in [0.25, 0.3) is 6.08 Å². The van der Waals surface area contributed by atoms with Crippen LogP contribution in [0.4, 0.5) is 5.69 Å². The van der Waals surface area contributed by atoms with Crippen molar-refractivity contribution < 1.29 is 14.3 Å². The Morgan fingerprint density at radius 3 is 2.51 bits per heavy atom. The number of thioether (sulfide) groups is 1. The van der Waals surface area contributed by atoms with E-state index in [4.69, 9.17) is 14.5 Å². The van der Waals surface area contributed by atoms with Gasteiger partial charge in [0.25, 0.3) is 5.91 Å². The van der Waals surface area contributed by atoms with Gasteiger partial charge < -0.3 is 9.47 Å². The van der Waals surface area contributed by atoms with Crippen LogP contribution >= 0.6 is 27.7 Å². The molecule has 0 spiro atoms. The van der Waals surface area contributed by atoms with E-state index in [-0.39, 0.29) is 5.91 Å². The average molecular weight is 552 g/mol. The van der Waals surface area contributed by atoms with Gasteiger partial charge in [0.1, 0.15) is 6.61 Å². The molecule has 4 rings (SSSR count). The van der Waals surface area contributed by atoms with E-state index >= 15 is 0 Å². The summed E-state index contributed by atoms with van der Waals surface area (Å²) in [7, 11) is 1.76. The molecule has 3 aromatic carbocycles. The number of carbonyl (C=O) groups is 1. The Hall–Kier alpha value is -3.03. The van der Waals surface area contributed by atoms with Crippen molar-refractivity contribution in [2.24, 2.45) is 4.99 Å². The Morgan fingerprint density at radius 1 is 1.00 bits per heavy atom. The molecule has 0 radical (unpaired) electrons. The fraction of sp³-hybridized carbons (Fsp3) is 0.214. The van der Waals surface area contributed by atoms with E-state index in [1.807, 2.05) is 73.7 Å². The molecular formula is C28H27BrN2O3S. The van der Waals surface area contributed by atoms with Crippen LogP contribution in [-0.2, 0) is 17.8 Å². The number of aryl methyl sites for hydroxylation is 1. The van der Waals surface area contributed by atoms with E-state index in [0.717, 1.165) is 33.3 Å². The first kappa shape index (κ1) is 25.1. The van der Waals surface area contributed by atoms with Crippen LogP contribution in [0.5, 0.6) is 11.5 Å². The predicted molar refractivity (Wildman–Crippen MR) is 147 cm³/mol. The van der Waals surface area contributed by atoms with Gasteiger partial charge in [0.05, 0.1) is 17.2 Å². The van der Waals surface area contributed by atoms with Crippen molar-refractivity contribution in [1.29, 1.82) is 0 Å². The topological polar surface area (TPSA) is 51.1 Å². The first-order valence-corrected chi connectivity index (χ1v) is 13.1. The minimum Gasteiger partial charge on any atom is -0.490 e. The summed E-state index contributed by atoms with van der Waals surface area (Å²) in [6.45, 7) is 4.99. The number of hydrogen-bond acceptors (Lipinski definition) is 5. The number of rotatable bonds is 8. The molecule has 0 atom stereocenters. The zero-order valence-corrected chi connectivity index (χ0v) is 22.4. The second kappa shape index (κ2) is 11.6. The van der Waals surface area contributed by atoms with Crippen LogP contribution < -0.4 is 9.47 Å². The summed E-state index contributed by atoms with van der Waals surface area (Å²) in [5.74, 6) is 1.24.